The minimum atomic E-state index is 0.122. The number of benzene rings is 1. The van der Waals surface area contributed by atoms with E-state index in [0.717, 1.165) is 24.7 Å². The minimum absolute atomic E-state index is 0.122. The van der Waals surface area contributed by atoms with Crippen LogP contribution in [0.1, 0.15) is 30.9 Å². The van der Waals surface area contributed by atoms with E-state index < -0.39 is 0 Å². The number of aliphatic hydroxyl groups is 1. The molecule has 1 fully saturated rings. The van der Waals surface area contributed by atoms with Crippen LogP contribution in [0.25, 0.3) is 0 Å². The SMILES string of the molecule is CC(CNCc1ccc(CO)cc1)N(C)C1CC1. The fraction of sp³-hybridized carbons (Fsp3) is 0.600. The summed E-state index contributed by atoms with van der Waals surface area (Å²) in [6.45, 7) is 4.32. The second kappa shape index (κ2) is 6.32. The van der Waals surface area contributed by atoms with Gasteiger partial charge in [0.2, 0.25) is 0 Å². The Hall–Kier alpha value is -0.900. The van der Waals surface area contributed by atoms with Crippen molar-refractivity contribution in [3.63, 3.8) is 0 Å². The summed E-state index contributed by atoms with van der Waals surface area (Å²) in [4.78, 5) is 2.47. The number of hydrogen-bond donors (Lipinski definition) is 2. The highest BCUT2D eigenvalue weighted by atomic mass is 16.3. The number of hydrogen-bond acceptors (Lipinski definition) is 3. The first-order valence-electron chi connectivity index (χ1n) is 6.82. The van der Waals surface area contributed by atoms with Gasteiger partial charge in [-0.25, -0.2) is 0 Å². The molecule has 0 radical (unpaired) electrons. The van der Waals surface area contributed by atoms with E-state index >= 15 is 0 Å². The lowest BCUT2D eigenvalue weighted by Gasteiger charge is -2.24. The van der Waals surface area contributed by atoms with Crippen LogP contribution in [0.5, 0.6) is 0 Å². The van der Waals surface area contributed by atoms with Crippen molar-refractivity contribution in [2.24, 2.45) is 0 Å². The number of likely N-dealkylation sites (N-methyl/N-ethyl adjacent to an activating group) is 1. The first-order valence-corrected chi connectivity index (χ1v) is 6.82. The highest BCUT2D eigenvalue weighted by Gasteiger charge is 2.28. The summed E-state index contributed by atoms with van der Waals surface area (Å²) in [6.07, 6.45) is 2.73. The molecule has 1 aliphatic rings. The molecule has 18 heavy (non-hydrogen) atoms. The van der Waals surface area contributed by atoms with Crippen molar-refractivity contribution in [1.29, 1.82) is 0 Å². The first kappa shape index (κ1) is 13.5. The third-order valence-electron chi connectivity index (χ3n) is 3.79. The summed E-state index contributed by atoms with van der Waals surface area (Å²) in [5, 5.41) is 12.5. The minimum Gasteiger partial charge on any atom is -0.392 e. The second-order valence-electron chi connectivity index (χ2n) is 5.35. The van der Waals surface area contributed by atoms with Crippen LogP contribution >= 0.6 is 0 Å². The van der Waals surface area contributed by atoms with Crippen molar-refractivity contribution >= 4 is 0 Å². The molecule has 0 aliphatic heterocycles. The molecule has 1 aliphatic carbocycles. The van der Waals surface area contributed by atoms with E-state index in [0.29, 0.717) is 6.04 Å². The normalized spacial score (nSPS) is 17.1. The van der Waals surface area contributed by atoms with Gasteiger partial charge in [-0.1, -0.05) is 24.3 Å². The van der Waals surface area contributed by atoms with E-state index in [1.807, 2.05) is 12.1 Å². The Labute approximate surface area is 110 Å². The van der Waals surface area contributed by atoms with E-state index in [2.05, 4.69) is 36.3 Å². The Balaban J connectivity index is 1.70. The molecule has 3 nitrogen and oxygen atoms in total. The zero-order chi connectivity index (χ0) is 13.0. The lowest BCUT2D eigenvalue weighted by atomic mass is 10.1. The quantitative estimate of drug-likeness (QED) is 0.771. The third-order valence-corrected chi connectivity index (χ3v) is 3.79. The van der Waals surface area contributed by atoms with Gasteiger partial charge >= 0.3 is 0 Å². The summed E-state index contributed by atoms with van der Waals surface area (Å²) in [5.41, 5.74) is 2.24. The summed E-state index contributed by atoms with van der Waals surface area (Å²) < 4.78 is 0. The van der Waals surface area contributed by atoms with Gasteiger partial charge in [-0.2, -0.15) is 0 Å². The van der Waals surface area contributed by atoms with E-state index in [-0.39, 0.29) is 6.61 Å². The molecule has 1 unspecified atom stereocenters. The molecule has 3 heteroatoms. The van der Waals surface area contributed by atoms with Crippen molar-refractivity contribution in [3.8, 4) is 0 Å². The van der Waals surface area contributed by atoms with Gasteiger partial charge in [-0.05, 0) is 37.9 Å². The van der Waals surface area contributed by atoms with Gasteiger partial charge in [-0.3, -0.25) is 4.90 Å². The molecule has 0 heterocycles. The smallest absolute Gasteiger partial charge is 0.0681 e. The monoisotopic (exact) mass is 248 g/mol. The van der Waals surface area contributed by atoms with Crippen molar-refractivity contribution in [3.05, 3.63) is 35.4 Å². The van der Waals surface area contributed by atoms with Crippen molar-refractivity contribution in [2.45, 2.75) is 45.0 Å². The Morgan fingerprint density at radius 3 is 2.44 bits per heavy atom. The summed E-state index contributed by atoms with van der Waals surface area (Å²) in [6, 6.07) is 9.54. The molecule has 1 aromatic rings. The van der Waals surface area contributed by atoms with E-state index in [9.17, 15) is 0 Å². The predicted molar refractivity (Wildman–Crippen MR) is 74.3 cm³/mol. The largest absolute Gasteiger partial charge is 0.392 e. The summed E-state index contributed by atoms with van der Waals surface area (Å²) in [7, 11) is 2.22. The van der Waals surface area contributed by atoms with Crippen LogP contribution in [0.3, 0.4) is 0 Å². The predicted octanol–water partition coefficient (Wildman–Crippen LogP) is 1.75. The first-order chi connectivity index (χ1) is 8.70. The standard InChI is InChI=1S/C15H24N2O/c1-12(17(2)15-7-8-15)9-16-10-13-3-5-14(11-18)6-4-13/h3-6,12,15-16,18H,7-11H2,1-2H3. The molecule has 1 saturated carbocycles. The molecule has 1 atom stereocenters. The van der Waals surface area contributed by atoms with Gasteiger partial charge in [0.05, 0.1) is 6.61 Å². The molecule has 0 saturated heterocycles. The number of rotatable bonds is 7. The maximum Gasteiger partial charge on any atom is 0.0681 e. The molecule has 0 spiro atoms. The lowest BCUT2D eigenvalue weighted by molar-refractivity contribution is 0.241. The van der Waals surface area contributed by atoms with Gasteiger partial charge in [0.25, 0.3) is 0 Å². The third kappa shape index (κ3) is 3.80. The molecule has 2 N–H and O–H groups in total. The zero-order valence-corrected chi connectivity index (χ0v) is 11.4. The van der Waals surface area contributed by atoms with Crippen LogP contribution in [0.15, 0.2) is 24.3 Å². The number of aliphatic hydroxyl groups excluding tert-OH is 1. The molecular formula is C15H24N2O. The topological polar surface area (TPSA) is 35.5 Å². The van der Waals surface area contributed by atoms with Gasteiger partial charge in [-0.15, -0.1) is 0 Å². The maximum absolute atomic E-state index is 8.98. The van der Waals surface area contributed by atoms with Crippen molar-refractivity contribution < 1.29 is 5.11 Å². The molecule has 2 rings (SSSR count). The molecule has 1 aromatic carbocycles. The van der Waals surface area contributed by atoms with E-state index in [1.54, 1.807) is 0 Å². The van der Waals surface area contributed by atoms with E-state index in [4.69, 9.17) is 5.11 Å². The molecule has 0 bridgehead atoms. The van der Waals surface area contributed by atoms with Crippen LogP contribution < -0.4 is 5.32 Å². The fourth-order valence-electron chi connectivity index (χ4n) is 2.17. The number of nitrogens with one attached hydrogen (secondary N) is 1. The highest BCUT2D eigenvalue weighted by molar-refractivity contribution is 5.21. The lowest BCUT2D eigenvalue weighted by Crippen LogP contribution is -2.38. The van der Waals surface area contributed by atoms with Gasteiger partial charge in [0.15, 0.2) is 0 Å². The van der Waals surface area contributed by atoms with Crippen LogP contribution in [-0.2, 0) is 13.2 Å². The second-order valence-corrected chi connectivity index (χ2v) is 5.35. The van der Waals surface area contributed by atoms with Crippen molar-refractivity contribution in [2.75, 3.05) is 13.6 Å². The van der Waals surface area contributed by atoms with Crippen LogP contribution in [0, 0.1) is 0 Å². The molecule has 0 amide bonds. The average molecular weight is 248 g/mol. The Morgan fingerprint density at radius 1 is 1.28 bits per heavy atom. The molecule has 0 aromatic heterocycles. The summed E-state index contributed by atoms with van der Waals surface area (Å²) in [5.74, 6) is 0. The fourth-order valence-corrected chi connectivity index (χ4v) is 2.17. The van der Waals surface area contributed by atoms with Crippen LogP contribution in [0.2, 0.25) is 0 Å². The zero-order valence-electron chi connectivity index (χ0n) is 11.4. The van der Waals surface area contributed by atoms with Crippen LogP contribution in [-0.4, -0.2) is 35.7 Å². The molecule has 100 valence electrons. The number of nitrogens with zero attached hydrogens (tertiary/aromatic N) is 1. The van der Waals surface area contributed by atoms with Gasteiger partial charge in [0, 0.05) is 25.2 Å². The Morgan fingerprint density at radius 2 is 1.89 bits per heavy atom. The Kier molecular flexibility index (Phi) is 4.75. The van der Waals surface area contributed by atoms with Crippen LogP contribution in [0.4, 0.5) is 0 Å². The summed E-state index contributed by atoms with van der Waals surface area (Å²) >= 11 is 0. The highest BCUT2D eigenvalue weighted by Crippen LogP contribution is 2.26. The van der Waals surface area contributed by atoms with E-state index in [1.165, 1.54) is 18.4 Å². The maximum atomic E-state index is 8.98. The van der Waals surface area contributed by atoms with Crippen molar-refractivity contribution in [1.82, 2.24) is 10.2 Å². The Bertz CT molecular complexity index is 359. The molecular weight excluding hydrogens is 224 g/mol. The van der Waals surface area contributed by atoms with Gasteiger partial charge in [0.1, 0.15) is 0 Å². The van der Waals surface area contributed by atoms with Gasteiger partial charge < -0.3 is 10.4 Å². The average Bonchev–Trinajstić information content (AvgIpc) is 3.23.